The van der Waals surface area contributed by atoms with Crippen LogP contribution in [0.2, 0.25) is 0 Å². The van der Waals surface area contributed by atoms with Crippen LogP contribution in [-0.2, 0) is 6.18 Å². The molecule has 0 atom stereocenters. The second kappa shape index (κ2) is 8.47. The Morgan fingerprint density at radius 1 is 0.971 bits per heavy atom. The molecule has 0 unspecified atom stereocenters. The van der Waals surface area contributed by atoms with Crippen LogP contribution in [0.5, 0.6) is 0 Å². The van der Waals surface area contributed by atoms with Gasteiger partial charge in [-0.1, -0.05) is 36.4 Å². The van der Waals surface area contributed by atoms with E-state index in [2.05, 4.69) is 10.5 Å². The number of nitrogens with one attached hydrogen (secondary N) is 1. The molecular formula is C27H20F3N3O2. The summed E-state index contributed by atoms with van der Waals surface area (Å²) in [5.74, 6) is -0.379. The van der Waals surface area contributed by atoms with Gasteiger partial charge in [-0.25, -0.2) is 5.43 Å². The summed E-state index contributed by atoms with van der Waals surface area (Å²) in [4.78, 5) is 12.6. The van der Waals surface area contributed by atoms with Crippen molar-refractivity contribution >= 4 is 33.9 Å². The number of hydrogen-bond donors (Lipinski definition) is 1. The predicted molar refractivity (Wildman–Crippen MR) is 129 cm³/mol. The van der Waals surface area contributed by atoms with Gasteiger partial charge in [0, 0.05) is 28.0 Å². The predicted octanol–water partition coefficient (Wildman–Crippen LogP) is 6.78. The van der Waals surface area contributed by atoms with Crippen LogP contribution in [0.4, 0.5) is 13.2 Å². The fourth-order valence-corrected chi connectivity index (χ4v) is 4.26. The number of nitrogens with zero attached hydrogens (tertiary/aromatic N) is 2. The van der Waals surface area contributed by atoms with Crippen LogP contribution < -0.4 is 5.43 Å². The maximum Gasteiger partial charge on any atom is 0.416 e. The SMILES string of the molecule is Cc1cc(C=NNC(=O)c2cc3c(ccc4ccccc43)o2)c(C)n1-c1cccc(C(F)(F)F)c1. The van der Waals surface area contributed by atoms with Gasteiger partial charge in [0.25, 0.3) is 0 Å². The van der Waals surface area contributed by atoms with Gasteiger partial charge in [-0.15, -0.1) is 0 Å². The lowest BCUT2D eigenvalue weighted by Crippen LogP contribution is -2.16. The fraction of sp³-hybridized carbons (Fsp3) is 0.111. The second-order valence-corrected chi connectivity index (χ2v) is 8.22. The average Bonchev–Trinajstić information content (AvgIpc) is 3.39. The van der Waals surface area contributed by atoms with E-state index in [1.807, 2.05) is 36.4 Å². The largest absolute Gasteiger partial charge is 0.451 e. The van der Waals surface area contributed by atoms with E-state index in [1.165, 1.54) is 12.3 Å². The van der Waals surface area contributed by atoms with Gasteiger partial charge in [-0.3, -0.25) is 4.79 Å². The Labute approximate surface area is 198 Å². The summed E-state index contributed by atoms with van der Waals surface area (Å²) in [6, 6.07) is 20.2. The Morgan fingerprint density at radius 3 is 2.57 bits per heavy atom. The van der Waals surface area contributed by atoms with Crippen LogP contribution in [0.3, 0.4) is 0 Å². The van der Waals surface area contributed by atoms with E-state index in [4.69, 9.17) is 4.42 Å². The Hall–Kier alpha value is -4.33. The number of amides is 1. The summed E-state index contributed by atoms with van der Waals surface area (Å²) < 4.78 is 46.8. The van der Waals surface area contributed by atoms with Crippen molar-refractivity contribution < 1.29 is 22.4 Å². The molecule has 0 saturated carbocycles. The Balaban J connectivity index is 1.38. The lowest BCUT2D eigenvalue weighted by atomic mass is 10.1. The Kier molecular flexibility index (Phi) is 5.43. The lowest BCUT2D eigenvalue weighted by Gasteiger charge is -2.13. The number of hydrogen-bond acceptors (Lipinski definition) is 3. The highest BCUT2D eigenvalue weighted by Crippen LogP contribution is 2.31. The molecule has 176 valence electrons. The van der Waals surface area contributed by atoms with Crippen LogP contribution in [0, 0.1) is 13.8 Å². The van der Waals surface area contributed by atoms with Crippen LogP contribution >= 0.6 is 0 Å². The molecule has 0 aliphatic rings. The Morgan fingerprint density at radius 2 is 1.77 bits per heavy atom. The van der Waals surface area contributed by atoms with Gasteiger partial charge in [0.15, 0.2) is 5.76 Å². The highest BCUT2D eigenvalue weighted by molar-refractivity contribution is 6.08. The molecule has 0 aliphatic carbocycles. The van der Waals surface area contributed by atoms with E-state index in [0.717, 1.165) is 34.0 Å². The minimum atomic E-state index is -4.43. The van der Waals surface area contributed by atoms with Crippen LogP contribution in [0.25, 0.3) is 27.4 Å². The third-order valence-corrected chi connectivity index (χ3v) is 5.92. The molecule has 0 aliphatic heterocycles. The number of carbonyl (C=O) groups is 1. The van der Waals surface area contributed by atoms with Gasteiger partial charge in [-0.2, -0.15) is 18.3 Å². The maximum absolute atomic E-state index is 13.1. The zero-order chi connectivity index (χ0) is 24.7. The number of aryl methyl sites for hydroxylation is 1. The number of alkyl halides is 3. The van der Waals surface area contributed by atoms with Crippen molar-refractivity contribution in [2.24, 2.45) is 5.10 Å². The number of carbonyl (C=O) groups excluding carboxylic acids is 1. The number of halogens is 3. The molecule has 5 aromatic rings. The van der Waals surface area contributed by atoms with Gasteiger partial charge in [0.05, 0.1) is 11.8 Å². The highest BCUT2D eigenvalue weighted by Gasteiger charge is 2.30. The van der Waals surface area contributed by atoms with Crippen molar-refractivity contribution in [2.45, 2.75) is 20.0 Å². The number of hydrazone groups is 1. The number of furan rings is 1. The summed E-state index contributed by atoms with van der Waals surface area (Å²) in [7, 11) is 0. The van der Waals surface area contributed by atoms with Crippen molar-refractivity contribution in [1.29, 1.82) is 0 Å². The molecule has 0 spiro atoms. The molecule has 2 heterocycles. The zero-order valence-corrected chi connectivity index (χ0v) is 18.9. The summed E-state index contributed by atoms with van der Waals surface area (Å²) >= 11 is 0. The lowest BCUT2D eigenvalue weighted by molar-refractivity contribution is -0.137. The van der Waals surface area contributed by atoms with Crippen molar-refractivity contribution in [3.8, 4) is 5.69 Å². The van der Waals surface area contributed by atoms with E-state index < -0.39 is 17.6 Å². The number of benzene rings is 3. The van der Waals surface area contributed by atoms with E-state index in [9.17, 15) is 18.0 Å². The second-order valence-electron chi connectivity index (χ2n) is 8.22. The van der Waals surface area contributed by atoms with Gasteiger partial charge in [0.1, 0.15) is 5.58 Å². The third kappa shape index (κ3) is 4.19. The van der Waals surface area contributed by atoms with E-state index >= 15 is 0 Å². The fourth-order valence-electron chi connectivity index (χ4n) is 4.26. The highest BCUT2D eigenvalue weighted by atomic mass is 19.4. The molecule has 0 bridgehead atoms. The molecule has 1 amide bonds. The molecule has 0 radical (unpaired) electrons. The first-order valence-corrected chi connectivity index (χ1v) is 10.8. The smallest absolute Gasteiger partial charge is 0.416 e. The van der Waals surface area contributed by atoms with Gasteiger partial charge >= 0.3 is 12.1 Å². The van der Waals surface area contributed by atoms with E-state index in [1.54, 1.807) is 36.6 Å². The molecule has 3 aromatic carbocycles. The number of rotatable bonds is 4. The molecule has 5 rings (SSSR count). The molecule has 0 fully saturated rings. The molecule has 35 heavy (non-hydrogen) atoms. The van der Waals surface area contributed by atoms with Crippen molar-refractivity contribution in [3.05, 3.63) is 101 Å². The monoisotopic (exact) mass is 475 g/mol. The Bertz CT molecular complexity index is 1610. The topological polar surface area (TPSA) is 59.5 Å². The van der Waals surface area contributed by atoms with Gasteiger partial charge in [0.2, 0.25) is 0 Å². The van der Waals surface area contributed by atoms with Crippen molar-refractivity contribution in [3.63, 3.8) is 0 Å². The maximum atomic E-state index is 13.1. The normalized spacial score (nSPS) is 12.1. The number of aromatic nitrogens is 1. The quantitative estimate of drug-likeness (QED) is 0.230. The van der Waals surface area contributed by atoms with Crippen molar-refractivity contribution in [1.82, 2.24) is 9.99 Å². The molecule has 1 N–H and O–H groups in total. The van der Waals surface area contributed by atoms with E-state index in [0.29, 0.717) is 22.5 Å². The molecular weight excluding hydrogens is 455 g/mol. The minimum absolute atomic E-state index is 0.128. The summed E-state index contributed by atoms with van der Waals surface area (Å²) in [6.45, 7) is 3.57. The van der Waals surface area contributed by atoms with E-state index in [-0.39, 0.29) is 5.76 Å². The first kappa shape index (κ1) is 22.5. The molecule has 8 heteroatoms. The molecule has 5 nitrogen and oxygen atoms in total. The third-order valence-electron chi connectivity index (χ3n) is 5.92. The first-order chi connectivity index (χ1) is 16.7. The van der Waals surface area contributed by atoms with Crippen molar-refractivity contribution in [2.75, 3.05) is 0 Å². The van der Waals surface area contributed by atoms with Crippen LogP contribution in [-0.4, -0.2) is 16.7 Å². The minimum Gasteiger partial charge on any atom is -0.451 e. The zero-order valence-electron chi connectivity index (χ0n) is 18.9. The van der Waals surface area contributed by atoms with Crippen LogP contribution in [0.1, 0.15) is 33.1 Å². The standard InChI is InChI=1S/C27H20F3N3O2/c1-16-12-19(17(2)33(16)21-8-5-7-20(13-21)27(28,29)30)15-31-32-26(34)25-14-23-22-9-4-3-6-18(22)10-11-24(23)35-25/h3-15H,1-2H3,(H,32,34). The van der Waals surface area contributed by atoms with Crippen LogP contribution in [0.15, 0.2) is 82.3 Å². The number of fused-ring (bicyclic) bond motifs is 3. The molecule has 0 saturated heterocycles. The molecule has 2 aromatic heterocycles. The average molecular weight is 475 g/mol. The van der Waals surface area contributed by atoms with Gasteiger partial charge in [-0.05, 0) is 61.0 Å². The van der Waals surface area contributed by atoms with Gasteiger partial charge < -0.3 is 8.98 Å². The summed E-state index contributed by atoms with van der Waals surface area (Å²) in [6.07, 6.45) is -2.97. The summed E-state index contributed by atoms with van der Waals surface area (Å²) in [5.41, 5.74) is 4.82. The first-order valence-electron chi connectivity index (χ1n) is 10.8. The summed E-state index contributed by atoms with van der Waals surface area (Å²) in [5, 5.41) is 6.90.